The lowest BCUT2D eigenvalue weighted by Gasteiger charge is -2.05. The second-order valence-electron chi connectivity index (χ2n) is 6.07. The molecule has 0 bridgehead atoms. The number of tetrazole rings is 1. The molecule has 0 aliphatic rings. The highest BCUT2D eigenvalue weighted by molar-refractivity contribution is 6.04. The minimum absolute atomic E-state index is 0.216. The lowest BCUT2D eigenvalue weighted by Crippen LogP contribution is -2.11. The molecule has 1 amide bonds. The van der Waals surface area contributed by atoms with E-state index in [9.17, 15) is 4.79 Å². The fourth-order valence-electron chi connectivity index (χ4n) is 2.76. The van der Waals surface area contributed by atoms with Crippen LogP contribution in [-0.2, 0) is 13.6 Å². The van der Waals surface area contributed by atoms with Crippen LogP contribution in [-0.4, -0.2) is 35.9 Å². The maximum Gasteiger partial charge on any atom is 0.255 e. The van der Waals surface area contributed by atoms with E-state index < -0.39 is 0 Å². The summed E-state index contributed by atoms with van der Waals surface area (Å²) < 4.78 is 3.34. The van der Waals surface area contributed by atoms with Gasteiger partial charge in [0.05, 0.1) is 18.4 Å². The fourth-order valence-corrected chi connectivity index (χ4v) is 2.76. The molecule has 0 unspecified atom stereocenters. The Labute approximate surface area is 155 Å². The second kappa shape index (κ2) is 7.20. The molecule has 0 aliphatic carbocycles. The van der Waals surface area contributed by atoms with Gasteiger partial charge in [-0.05, 0) is 28.1 Å². The third-order valence-electron chi connectivity index (χ3n) is 4.08. The molecule has 27 heavy (non-hydrogen) atoms. The van der Waals surface area contributed by atoms with Gasteiger partial charge in [-0.15, -0.1) is 5.10 Å². The molecule has 4 aromatic rings. The lowest BCUT2D eigenvalue weighted by atomic mass is 10.1. The van der Waals surface area contributed by atoms with Gasteiger partial charge in [-0.1, -0.05) is 42.5 Å². The highest BCUT2D eigenvalue weighted by atomic mass is 16.1. The second-order valence-corrected chi connectivity index (χ2v) is 6.07. The molecule has 0 aliphatic heterocycles. The van der Waals surface area contributed by atoms with Crippen LogP contribution >= 0.6 is 0 Å². The molecular formula is C19H17N7O. The van der Waals surface area contributed by atoms with Crippen molar-refractivity contribution >= 4 is 11.6 Å². The van der Waals surface area contributed by atoms with Crippen LogP contribution in [0.25, 0.3) is 11.4 Å². The first-order chi connectivity index (χ1) is 13.2. The number of amides is 1. The summed E-state index contributed by atoms with van der Waals surface area (Å²) in [5.74, 6) is 0.381. The topological polar surface area (TPSA) is 90.5 Å². The number of hydrogen-bond acceptors (Lipinski definition) is 5. The van der Waals surface area contributed by atoms with E-state index in [2.05, 4.69) is 25.9 Å². The van der Waals surface area contributed by atoms with E-state index in [1.54, 1.807) is 47.0 Å². The van der Waals surface area contributed by atoms with Crippen molar-refractivity contribution in [3.63, 3.8) is 0 Å². The molecule has 8 heteroatoms. The Balaban J connectivity index is 1.48. The number of benzene rings is 2. The fraction of sp³-hybridized carbons (Fsp3) is 0.105. The number of carbonyl (C=O) groups is 1. The van der Waals surface area contributed by atoms with E-state index in [-0.39, 0.29) is 5.91 Å². The molecule has 0 radical (unpaired) electrons. The van der Waals surface area contributed by atoms with Crippen LogP contribution in [0.3, 0.4) is 0 Å². The molecule has 2 aromatic heterocycles. The van der Waals surface area contributed by atoms with Gasteiger partial charge in [-0.25, -0.2) is 4.68 Å². The van der Waals surface area contributed by atoms with Crippen molar-refractivity contribution in [1.29, 1.82) is 0 Å². The average Bonchev–Trinajstić information content (AvgIpc) is 3.31. The standard InChI is InChI=1S/C19H17N7O/c1-25-18(22-23-24-25)15-8-5-9-16(10-15)19(27)21-17-11-20-26(13-17)12-14-6-3-2-4-7-14/h2-11,13H,12H2,1H3,(H,21,27). The maximum atomic E-state index is 12.6. The summed E-state index contributed by atoms with van der Waals surface area (Å²) in [6, 6.07) is 17.2. The molecule has 134 valence electrons. The van der Waals surface area contributed by atoms with E-state index in [4.69, 9.17) is 0 Å². The number of carbonyl (C=O) groups excluding carboxylic acids is 1. The third-order valence-corrected chi connectivity index (χ3v) is 4.08. The van der Waals surface area contributed by atoms with Crippen LogP contribution < -0.4 is 5.32 Å². The zero-order valence-corrected chi connectivity index (χ0v) is 14.6. The van der Waals surface area contributed by atoms with E-state index >= 15 is 0 Å². The molecule has 0 saturated heterocycles. The summed E-state index contributed by atoms with van der Waals surface area (Å²) in [5.41, 5.74) is 3.08. The van der Waals surface area contributed by atoms with Gasteiger partial charge in [0.1, 0.15) is 0 Å². The van der Waals surface area contributed by atoms with E-state index in [1.165, 1.54) is 0 Å². The van der Waals surface area contributed by atoms with Crippen molar-refractivity contribution < 1.29 is 4.79 Å². The van der Waals surface area contributed by atoms with Crippen LogP contribution in [0.5, 0.6) is 0 Å². The largest absolute Gasteiger partial charge is 0.319 e. The molecule has 4 rings (SSSR count). The van der Waals surface area contributed by atoms with Gasteiger partial charge in [0.25, 0.3) is 5.91 Å². The first-order valence-electron chi connectivity index (χ1n) is 8.39. The Morgan fingerprint density at radius 2 is 1.96 bits per heavy atom. The Morgan fingerprint density at radius 3 is 2.74 bits per heavy atom. The Kier molecular flexibility index (Phi) is 4.44. The average molecular weight is 359 g/mol. The highest BCUT2D eigenvalue weighted by Crippen LogP contribution is 2.18. The van der Waals surface area contributed by atoms with Crippen molar-refractivity contribution in [3.8, 4) is 11.4 Å². The molecular weight excluding hydrogens is 342 g/mol. The van der Waals surface area contributed by atoms with Gasteiger partial charge in [-0.3, -0.25) is 9.48 Å². The van der Waals surface area contributed by atoms with Crippen molar-refractivity contribution in [2.24, 2.45) is 7.05 Å². The van der Waals surface area contributed by atoms with Crippen LogP contribution in [0.1, 0.15) is 15.9 Å². The van der Waals surface area contributed by atoms with Crippen LogP contribution in [0, 0.1) is 0 Å². The molecule has 8 nitrogen and oxygen atoms in total. The zero-order chi connectivity index (χ0) is 18.6. The highest BCUT2D eigenvalue weighted by Gasteiger charge is 2.11. The minimum atomic E-state index is -0.216. The minimum Gasteiger partial charge on any atom is -0.319 e. The Bertz CT molecular complexity index is 1070. The van der Waals surface area contributed by atoms with Gasteiger partial charge >= 0.3 is 0 Å². The summed E-state index contributed by atoms with van der Waals surface area (Å²) >= 11 is 0. The predicted molar refractivity (Wildman–Crippen MR) is 100.0 cm³/mol. The number of anilines is 1. The number of aryl methyl sites for hydroxylation is 1. The number of nitrogens with zero attached hydrogens (tertiary/aromatic N) is 6. The van der Waals surface area contributed by atoms with Crippen LogP contribution in [0.4, 0.5) is 5.69 Å². The van der Waals surface area contributed by atoms with Crippen molar-refractivity contribution in [3.05, 3.63) is 78.1 Å². The lowest BCUT2D eigenvalue weighted by molar-refractivity contribution is 0.102. The number of hydrogen-bond donors (Lipinski definition) is 1. The van der Waals surface area contributed by atoms with Crippen LogP contribution in [0.15, 0.2) is 67.0 Å². The van der Waals surface area contributed by atoms with Crippen molar-refractivity contribution in [1.82, 2.24) is 30.0 Å². The molecule has 1 N–H and O–H groups in total. The van der Waals surface area contributed by atoms with Gasteiger partial charge in [0.15, 0.2) is 5.82 Å². The first-order valence-corrected chi connectivity index (χ1v) is 8.39. The van der Waals surface area contributed by atoms with E-state index in [0.29, 0.717) is 23.6 Å². The molecule has 2 aromatic carbocycles. The summed E-state index contributed by atoms with van der Waals surface area (Å²) in [6.07, 6.45) is 3.44. The van der Waals surface area contributed by atoms with Crippen LogP contribution in [0.2, 0.25) is 0 Å². The molecule has 2 heterocycles. The number of rotatable bonds is 5. The first kappa shape index (κ1) is 16.6. The normalized spacial score (nSPS) is 10.7. The Hall–Kier alpha value is -3.81. The van der Waals surface area contributed by atoms with Crippen molar-refractivity contribution in [2.45, 2.75) is 6.54 Å². The maximum absolute atomic E-state index is 12.6. The third kappa shape index (κ3) is 3.74. The van der Waals surface area contributed by atoms with E-state index in [1.807, 2.05) is 36.4 Å². The number of aromatic nitrogens is 6. The monoisotopic (exact) mass is 359 g/mol. The Morgan fingerprint density at radius 1 is 1.11 bits per heavy atom. The smallest absolute Gasteiger partial charge is 0.255 e. The quantitative estimate of drug-likeness (QED) is 0.591. The molecule has 0 atom stereocenters. The van der Waals surface area contributed by atoms with Gasteiger partial charge < -0.3 is 5.32 Å². The summed E-state index contributed by atoms with van der Waals surface area (Å²) in [7, 11) is 1.75. The SMILES string of the molecule is Cn1nnnc1-c1cccc(C(=O)Nc2cnn(Cc3ccccc3)c2)c1. The summed E-state index contributed by atoms with van der Waals surface area (Å²) in [6.45, 7) is 0.644. The molecule has 0 fully saturated rings. The number of nitrogens with one attached hydrogen (secondary N) is 1. The molecule has 0 saturated carbocycles. The van der Waals surface area contributed by atoms with Gasteiger partial charge in [0.2, 0.25) is 0 Å². The summed E-state index contributed by atoms with van der Waals surface area (Å²) in [5, 5.41) is 18.6. The summed E-state index contributed by atoms with van der Waals surface area (Å²) in [4.78, 5) is 12.6. The zero-order valence-electron chi connectivity index (χ0n) is 14.6. The van der Waals surface area contributed by atoms with E-state index in [0.717, 1.165) is 11.1 Å². The van der Waals surface area contributed by atoms with Gasteiger partial charge in [-0.2, -0.15) is 5.10 Å². The van der Waals surface area contributed by atoms with Crippen molar-refractivity contribution in [2.75, 3.05) is 5.32 Å². The van der Waals surface area contributed by atoms with Gasteiger partial charge in [0, 0.05) is 24.4 Å². The predicted octanol–water partition coefficient (Wildman–Crippen LogP) is 2.37. The molecule has 0 spiro atoms.